The van der Waals surface area contributed by atoms with Crippen molar-refractivity contribution in [2.24, 2.45) is 0 Å². The molecule has 1 aliphatic rings. The monoisotopic (exact) mass is 308 g/mol. The number of methoxy groups -OCH3 is 1. The normalized spacial score (nSPS) is 18.9. The number of carbonyl (C=O) groups is 2. The fourth-order valence-corrected chi connectivity index (χ4v) is 2.70. The Hall–Kier alpha value is -1.78. The number of nitrogens with zero attached hydrogens (tertiary/aromatic N) is 1. The summed E-state index contributed by atoms with van der Waals surface area (Å²) >= 11 is 0. The van der Waals surface area contributed by atoms with Crippen LogP contribution in [0.2, 0.25) is 0 Å². The highest BCUT2D eigenvalue weighted by atomic mass is 16.5. The summed E-state index contributed by atoms with van der Waals surface area (Å²) in [4.78, 5) is 26.3. The lowest BCUT2D eigenvalue weighted by Gasteiger charge is -2.30. The molecular formula is C17H28N2O3. The Morgan fingerprint density at radius 1 is 1.36 bits per heavy atom. The lowest BCUT2D eigenvalue weighted by molar-refractivity contribution is -0.136. The van der Waals surface area contributed by atoms with E-state index in [4.69, 9.17) is 4.74 Å². The minimum atomic E-state index is -0.502. The summed E-state index contributed by atoms with van der Waals surface area (Å²) in [5.74, 6) is 0.552. The number of ether oxygens (including phenoxy) is 1. The summed E-state index contributed by atoms with van der Waals surface area (Å²) in [5.41, 5.74) is 0.632. The first kappa shape index (κ1) is 18.3. The lowest BCUT2D eigenvalue weighted by atomic mass is 10.1. The fourth-order valence-electron chi connectivity index (χ4n) is 2.70. The predicted octanol–water partition coefficient (Wildman–Crippen LogP) is 2.74. The molecule has 5 nitrogen and oxygen atoms in total. The molecule has 124 valence electrons. The Morgan fingerprint density at radius 2 is 2.05 bits per heavy atom. The van der Waals surface area contributed by atoms with Crippen molar-refractivity contribution in [3.63, 3.8) is 0 Å². The van der Waals surface area contributed by atoms with Crippen molar-refractivity contribution in [1.82, 2.24) is 10.2 Å². The molecule has 2 amide bonds. The van der Waals surface area contributed by atoms with E-state index in [2.05, 4.69) is 18.8 Å². The van der Waals surface area contributed by atoms with Gasteiger partial charge >= 0.3 is 0 Å². The Bertz CT molecular complexity index is 457. The van der Waals surface area contributed by atoms with E-state index in [-0.39, 0.29) is 17.9 Å². The van der Waals surface area contributed by atoms with E-state index in [0.29, 0.717) is 18.5 Å². The Labute approximate surface area is 133 Å². The molecule has 0 aromatic rings. The van der Waals surface area contributed by atoms with Gasteiger partial charge in [0, 0.05) is 18.2 Å². The van der Waals surface area contributed by atoms with Gasteiger partial charge in [-0.3, -0.25) is 9.59 Å². The molecule has 2 atom stereocenters. The third kappa shape index (κ3) is 4.12. The van der Waals surface area contributed by atoms with Gasteiger partial charge in [0.25, 0.3) is 0 Å². The molecule has 0 saturated carbocycles. The van der Waals surface area contributed by atoms with E-state index in [1.807, 2.05) is 13.0 Å². The van der Waals surface area contributed by atoms with E-state index in [9.17, 15) is 9.59 Å². The lowest BCUT2D eigenvalue weighted by Crippen LogP contribution is -2.50. The molecule has 1 aliphatic heterocycles. The molecule has 1 heterocycles. The van der Waals surface area contributed by atoms with Gasteiger partial charge in [0.1, 0.15) is 11.8 Å². The number of amides is 2. The molecule has 1 rings (SSSR count). The minimum absolute atomic E-state index is 0.101. The quantitative estimate of drug-likeness (QED) is 0.750. The van der Waals surface area contributed by atoms with Crippen molar-refractivity contribution in [1.29, 1.82) is 0 Å². The molecule has 0 aromatic heterocycles. The Balaban J connectivity index is 2.95. The van der Waals surface area contributed by atoms with Crippen LogP contribution in [-0.2, 0) is 14.3 Å². The highest BCUT2D eigenvalue weighted by Gasteiger charge is 2.37. The topological polar surface area (TPSA) is 58.6 Å². The summed E-state index contributed by atoms with van der Waals surface area (Å²) in [6, 6.07) is -0.619. The summed E-state index contributed by atoms with van der Waals surface area (Å²) in [6.07, 6.45) is 5.36. The maximum atomic E-state index is 12.9. The SMILES string of the molecule is C=C1C=C(OC)[C@H](CCC)N1C(=O)[C@@H](CCC)NC(=O)CC. The smallest absolute Gasteiger partial charge is 0.250 e. The maximum Gasteiger partial charge on any atom is 0.250 e. The van der Waals surface area contributed by atoms with Crippen LogP contribution in [0.4, 0.5) is 0 Å². The molecule has 0 aromatic carbocycles. The third-order valence-corrected chi connectivity index (χ3v) is 3.83. The first-order valence-electron chi connectivity index (χ1n) is 8.06. The van der Waals surface area contributed by atoms with Crippen molar-refractivity contribution in [3.05, 3.63) is 24.1 Å². The van der Waals surface area contributed by atoms with Crippen LogP contribution in [0.5, 0.6) is 0 Å². The van der Waals surface area contributed by atoms with Crippen molar-refractivity contribution in [3.8, 4) is 0 Å². The summed E-state index contributed by atoms with van der Waals surface area (Å²) in [5, 5.41) is 2.83. The van der Waals surface area contributed by atoms with Gasteiger partial charge in [-0.1, -0.05) is 40.2 Å². The molecule has 0 radical (unpaired) electrons. The van der Waals surface area contributed by atoms with Crippen LogP contribution in [0.1, 0.15) is 52.9 Å². The maximum absolute atomic E-state index is 12.9. The van der Waals surface area contributed by atoms with Crippen molar-refractivity contribution in [2.75, 3.05) is 7.11 Å². The third-order valence-electron chi connectivity index (χ3n) is 3.83. The Morgan fingerprint density at radius 3 is 2.55 bits per heavy atom. The van der Waals surface area contributed by atoms with Gasteiger partial charge in [-0.25, -0.2) is 0 Å². The molecule has 22 heavy (non-hydrogen) atoms. The van der Waals surface area contributed by atoms with Crippen LogP contribution in [0.3, 0.4) is 0 Å². The fraction of sp³-hybridized carbons (Fsp3) is 0.647. The molecule has 0 saturated heterocycles. The van der Waals surface area contributed by atoms with E-state index >= 15 is 0 Å². The van der Waals surface area contributed by atoms with E-state index in [0.717, 1.165) is 25.0 Å². The van der Waals surface area contributed by atoms with Crippen molar-refractivity contribution < 1.29 is 14.3 Å². The summed E-state index contributed by atoms with van der Waals surface area (Å²) < 4.78 is 5.39. The zero-order valence-corrected chi connectivity index (χ0v) is 14.1. The minimum Gasteiger partial charge on any atom is -0.499 e. The number of rotatable bonds is 8. The highest BCUT2D eigenvalue weighted by Crippen LogP contribution is 2.30. The molecule has 5 heteroatoms. The molecule has 0 aliphatic carbocycles. The number of hydrogen-bond acceptors (Lipinski definition) is 3. The van der Waals surface area contributed by atoms with Crippen LogP contribution in [0.15, 0.2) is 24.1 Å². The van der Waals surface area contributed by atoms with Crippen LogP contribution in [0.25, 0.3) is 0 Å². The molecule has 0 unspecified atom stereocenters. The molecule has 0 fully saturated rings. The molecule has 0 spiro atoms. The van der Waals surface area contributed by atoms with Gasteiger partial charge in [-0.05, 0) is 12.8 Å². The van der Waals surface area contributed by atoms with Crippen molar-refractivity contribution in [2.45, 2.75) is 65.0 Å². The summed E-state index contributed by atoms with van der Waals surface area (Å²) in [6.45, 7) is 9.81. The Kier molecular flexibility index (Phi) is 7.15. The average molecular weight is 308 g/mol. The van der Waals surface area contributed by atoms with Gasteiger partial charge < -0.3 is 15.0 Å². The van der Waals surface area contributed by atoms with E-state index in [1.165, 1.54) is 0 Å². The van der Waals surface area contributed by atoms with E-state index in [1.54, 1.807) is 18.9 Å². The first-order chi connectivity index (χ1) is 10.5. The number of carbonyl (C=O) groups excluding carboxylic acids is 2. The van der Waals surface area contributed by atoms with Crippen LogP contribution < -0.4 is 5.32 Å². The average Bonchev–Trinajstić information content (AvgIpc) is 2.82. The second-order valence-electron chi connectivity index (χ2n) is 5.52. The summed E-state index contributed by atoms with van der Waals surface area (Å²) in [7, 11) is 1.61. The number of hydrogen-bond donors (Lipinski definition) is 1. The molecular weight excluding hydrogens is 280 g/mol. The highest BCUT2D eigenvalue weighted by molar-refractivity contribution is 5.89. The zero-order valence-electron chi connectivity index (χ0n) is 14.1. The zero-order chi connectivity index (χ0) is 16.7. The standard InChI is InChI=1S/C17H28N2O3/c1-6-9-13(18-16(20)8-3)17(21)19-12(4)11-15(22-5)14(19)10-7-2/h11,13-14H,4,6-10H2,1-3,5H3,(H,18,20)/t13-,14+/m1/s1. The first-order valence-corrected chi connectivity index (χ1v) is 8.06. The number of nitrogens with one attached hydrogen (secondary N) is 1. The van der Waals surface area contributed by atoms with Crippen LogP contribution in [0, 0.1) is 0 Å². The number of allylic oxidation sites excluding steroid dienone is 1. The predicted molar refractivity (Wildman–Crippen MR) is 86.9 cm³/mol. The van der Waals surface area contributed by atoms with Crippen LogP contribution >= 0.6 is 0 Å². The second-order valence-corrected chi connectivity index (χ2v) is 5.52. The van der Waals surface area contributed by atoms with Crippen molar-refractivity contribution >= 4 is 11.8 Å². The van der Waals surface area contributed by atoms with Gasteiger partial charge in [0.15, 0.2) is 0 Å². The largest absolute Gasteiger partial charge is 0.499 e. The molecule has 1 N–H and O–H groups in total. The van der Waals surface area contributed by atoms with Gasteiger partial charge in [-0.15, -0.1) is 0 Å². The van der Waals surface area contributed by atoms with Gasteiger partial charge in [0.05, 0.1) is 13.2 Å². The van der Waals surface area contributed by atoms with Gasteiger partial charge in [0.2, 0.25) is 11.8 Å². The van der Waals surface area contributed by atoms with E-state index < -0.39 is 6.04 Å². The van der Waals surface area contributed by atoms with Gasteiger partial charge in [-0.2, -0.15) is 0 Å². The second kappa shape index (κ2) is 8.61. The van der Waals surface area contributed by atoms with Crippen LogP contribution in [-0.4, -0.2) is 35.9 Å². The molecule has 0 bridgehead atoms.